The van der Waals surface area contributed by atoms with Crippen molar-refractivity contribution in [1.82, 2.24) is 26.6 Å². The highest BCUT2D eigenvalue weighted by molar-refractivity contribution is 5.95. The van der Waals surface area contributed by atoms with Crippen LogP contribution in [0.4, 0.5) is 0 Å². The molecule has 3 rings (SSSR count). The number of amides is 4. The summed E-state index contributed by atoms with van der Waals surface area (Å²) in [7, 11) is 0. The first-order valence-corrected chi connectivity index (χ1v) is 16.2. The van der Waals surface area contributed by atoms with Crippen LogP contribution in [0.15, 0.2) is 60.7 Å². The zero-order valence-corrected chi connectivity index (χ0v) is 27.1. The van der Waals surface area contributed by atoms with Crippen LogP contribution in [0.1, 0.15) is 50.7 Å². The summed E-state index contributed by atoms with van der Waals surface area (Å²) < 4.78 is 0. The van der Waals surface area contributed by atoms with Crippen LogP contribution >= 0.6 is 0 Å². The zero-order chi connectivity index (χ0) is 34.3. The average molecular weight is 652 g/mol. The van der Waals surface area contributed by atoms with Gasteiger partial charge in [-0.25, -0.2) is 0 Å². The van der Waals surface area contributed by atoms with E-state index >= 15 is 0 Å². The molecule has 2 aromatic rings. The Kier molecular flexibility index (Phi) is 14.8. The Bertz CT molecular complexity index is 1330. The largest absolute Gasteiger partial charge is 0.480 e. The number of carbonyl (C=O) groups excluding carboxylic acids is 4. The van der Waals surface area contributed by atoms with Crippen molar-refractivity contribution in [3.63, 3.8) is 0 Å². The lowest BCUT2D eigenvalue weighted by Crippen LogP contribution is -2.59. The predicted molar refractivity (Wildman–Crippen MR) is 178 cm³/mol. The van der Waals surface area contributed by atoms with Crippen LogP contribution in [0.25, 0.3) is 0 Å². The van der Waals surface area contributed by atoms with Gasteiger partial charge in [-0.3, -0.25) is 24.0 Å². The molecule has 4 amide bonds. The van der Waals surface area contributed by atoms with Crippen molar-refractivity contribution in [3.05, 3.63) is 71.8 Å². The standard InChI is InChI=1S/C34H49N7O6/c1-21(2)16-27(32(44)39-26(14-9-15-35)31(43)38-24-19-29(34(46)47)37-20-24)41-33(45)28(18-23-12-7-4-8-13-23)40-30(42)25(36)17-22-10-5-3-6-11-22/h3-8,10-13,21,24-29,37H,9,14-20,35-36H2,1-2H3,(H,38,43)(H,39,44)(H,40,42)(H,41,45)(H,46,47)/t24-,25-,26-,27-,28-,29+/m1/s1. The molecule has 6 atom stereocenters. The Morgan fingerprint density at radius 2 is 1.36 bits per heavy atom. The fraction of sp³-hybridized carbons (Fsp3) is 0.500. The van der Waals surface area contributed by atoms with Crippen molar-refractivity contribution < 1.29 is 29.1 Å². The average Bonchev–Trinajstić information content (AvgIpc) is 3.51. The van der Waals surface area contributed by atoms with Gasteiger partial charge in [-0.05, 0) is 55.7 Å². The van der Waals surface area contributed by atoms with Crippen LogP contribution in [0.3, 0.4) is 0 Å². The molecule has 0 spiro atoms. The second-order valence-electron chi connectivity index (χ2n) is 12.5. The maximum atomic E-state index is 13.8. The van der Waals surface area contributed by atoms with Gasteiger partial charge >= 0.3 is 5.97 Å². The third kappa shape index (κ3) is 12.4. The summed E-state index contributed by atoms with van der Waals surface area (Å²) in [6.45, 7) is 4.40. The van der Waals surface area contributed by atoms with Crippen LogP contribution < -0.4 is 38.1 Å². The van der Waals surface area contributed by atoms with Gasteiger partial charge in [0, 0.05) is 19.0 Å². The van der Waals surface area contributed by atoms with Crippen molar-refractivity contribution in [2.75, 3.05) is 13.1 Å². The first-order chi connectivity index (χ1) is 22.5. The number of hydrogen-bond donors (Lipinski definition) is 8. The Morgan fingerprint density at radius 3 is 1.91 bits per heavy atom. The van der Waals surface area contributed by atoms with Crippen molar-refractivity contribution in [2.45, 2.75) is 88.6 Å². The lowest BCUT2D eigenvalue weighted by molar-refractivity contribution is -0.139. The molecule has 0 unspecified atom stereocenters. The molecule has 1 aliphatic rings. The molecule has 2 aromatic carbocycles. The minimum atomic E-state index is -1.03. The molecule has 0 radical (unpaired) electrons. The van der Waals surface area contributed by atoms with Gasteiger partial charge in [-0.1, -0.05) is 74.5 Å². The molecule has 13 nitrogen and oxygen atoms in total. The molecule has 1 saturated heterocycles. The quantitative estimate of drug-likeness (QED) is 0.108. The zero-order valence-electron chi connectivity index (χ0n) is 27.1. The summed E-state index contributed by atoms with van der Waals surface area (Å²) in [5, 5.41) is 23.3. The van der Waals surface area contributed by atoms with Gasteiger partial charge in [0.2, 0.25) is 23.6 Å². The SMILES string of the molecule is CC(C)C[C@@H](NC(=O)[C@@H](Cc1ccccc1)NC(=O)[C@H](N)Cc1ccccc1)C(=O)N[C@H](CCCN)C(=O)N[C@H]1CN[C@H](C(=O)O)C1. The van der Waals surface area contributed by atoms with Gasteiger partial charge in [0.1, 0.15) is 24.2 Å². The van der Waals surface area contributed by atoms with Gasteiger partial charge < -0.3 is 43.2 Å². The number of aliphatic carboxylic acids is 1. The molecule has 47 heavy (non-hydrogen) atoms. The highest BCUT2D eigenvalue weighted by Crippen LogP contribution is 2.11. The highest BCUT2D eigenvalue weighted by Gasteiger charge is 2.34. The molecular weight excluding hydrogens is 602 g/mol. The molecule has 0 saturated carbocycles. The van der Waals surface area contributed by atoms with E-state index in [-0.39, 0.29) is 44.6 Å². The smallest absolute Gasteiger partial charge is 0.320 e. The number of nitrogens with two attached hydrogens (primary N) is 2. The van der Waals surface area contributed by atoms with Crippen LogP contribution in [0.5, 0.6) is 0 Å². The third-order valence-corrected chi connectivity index (χ3v) is 8.00. The van der Waals surface area contributed by atoms with Crippen molar-refractivity contribution in [1.29, 1.82) is 0 Å². The number of rotatable bonds is 18. The van der Waals surface area contributed by atoms with Crippen molar-refractivity contribution in [3.8, 4) is 0 Å². The Balaban J connectivity index is 1.73. The number of hydrogen-bond acceptors (Lipinski definition) is 8. The van der Waals surface area contributed by atoms with E-state index in [1.165, 1.54) is 0 Å². The topological polar surface area (TPSA) is 218 Å². The molecule has 0 bridgehead atoms. The monoisotopic (exact) mass is 651 g/mol. The number of carbonyl (C=O) groups is 5. The predicted octanol–water partition coefficient (Wildman–Crippen LogP) is -0.0302. The third-order valence-electron chi connectivity index (χ3n) is 8.00. The van der Waals surface area contributed by atoms with E-state index < -0.39 is 65.8 Å². The first kappa shape index (κ1) is 37.1. The van der Waals surface area contributed by atoms with Crippen molar-refractivity contribution >= 4 is 29.6 Å². The van der Waals surface area contributed by atoms with Gasteiger partial charge in [0.25, 0.3) is 0 Å². The fourth-order valence-electron chi connectivity index (χ4n) is 5.47. The molecule has 256 valence electrons. The van der Waals surface area contributed by atoms with Crippen molar-refractivity contribution in [2.24, 2.45) is 17.4 Å². The maximum absolute atomic E-state index is 13.8. The fourth-order valence-corrected chi connectivity index (χ4v) is 5.47. The summed E-state index contributed by atoms with van der Waals surface area (Å²) in [4.78, 5) is 65.1. The van der Waals surface area contributed by atoms with Crippen LogP contribution in [-0.2, 0) is 36.8 Å². The maximum Gasteiger partial charge on any atom is 0.320 e. The van der Waals surface area contributed by atoms with Crippen LogP contribution in [-0.4, -0.2) is 84.0 Å². The molecule has 0 aliphatic carbocycles. The molecule has 1 fully saturated rings. The van der Waals surface area contributed by atoms with E-state index in [0.717, 1.165) is 11.1 Å². The van der Waals surface area contributed by atoms with Gasteiger partial charge in [0.05, 0.1) is 6.04 Å². The Hall–Kier alpha value is -4.33. The van der Waals surface area contributed by atoms with E-state index in [9.17, 15) is 29.1 Å². The number of nitrogens with one attached hydrogen (secondary N) is 5. The second-order valence-corrected chi connectivity index (χ2v) is 12.5. The van der Waals surface area contributed by atoms with Crippen LogP contribution in [0.2, 0.25) is 0 Å². The summed E-state index contributed by atoms with van der Waals surface area (Å²) in [6.07, 6.45) is 1.65. The van der Waals surface area contributed by atoms with E-state index in [4.69, 9.17) is 11.5 Å². The van der Waals surface area contributed by atoms with Gasteiger partial charge in [0.15, 0.2) is 0 Å². The normalized spacial score (nSPS) is 18.4. The molecule has 10 N–H and O–H groups in total. The van der Waals surface area contributed by atoms with E-state index in [0.29, 0.717) is 13.0 Å². The molecular formula is C34H49N7O6. The summed E-state index contributed by atoms with van der Waals surface area (Å²) in [6, 6.07) is 13.5. The van der Waals surface area contributed by atoms with E-state index in [2.05, 4.69) is 26.6 Å². The van der Waals surface area contributed by atoms with Gasteiger partial charge in [-0.2, -0.15) is 0 Å². The Morgan fingerprint density at radius 1 is 0.809 bits per heavy atom. The number of carboxylic acid groups (broad SMARTS) is 1. The second kappa shape index (κ2) is 18.7. The lowest BCUT2D eigenvalue weighted by Gasteiger charge is -2.27. The number of carboxylic acids is 1. The molecule has 0 aromatic heterocycles. The lowest BCUT2D eigenvalue weighted by atomic mass is 9.99. The van der Waals surface area contributed by atoms with Gasteiger partial charge in [-0.15, -0.1) is 0 Å². The number of benzene rings is 2. The van der Waals surface area contributed by atoms with E-state index in [1.54, 1.807) is 0 Å². The highest BCUT2D eigenvalue weighted by atomic mass is 16.4. The molecule has 13 heteroatoms. The minimum absolute atomic E-state index is 0.00124. The summed E-state index contributed by atoms with van der Waals surface area (Å²) >= 11 is 0. The minimum Gasteiger partial charge on any atom is -0.480 e. The summed E-state index contributed by atoms with van der Waals surface area (Å²) in [5.74, 6) is -3.07. The molecule has 1 aliphatic heterocycles. The Labute approximate surface area is 276 Å². The first-order valence-electron chi connectivity index (χ1n) is 16.2. The van der Waals surface area contributed by atoms with Crippen LogP contribution in [0, 0.1) is 5.92 Å². The molecule has 1 heterocycles. The summed E-state index contributed by atoms with van der Waals surface area (Å²) in [5.41, 5.74) is 13.6. The van der Waals surface area contributed by atoms with E-state index in [1.807, 2.05) is 74.5 Å².